The summed E-state index contributed by atoms with van der Waals surface area (Å²) in [7, 11) is 0. The van der Waals surface area contributed by atoms with E-state index in [1.54, 1.807) is 0 Å². The van der Waals surface area contributed by atoms with Gasteiger partial charge in [-0.25, -0.2) is 0 Å². The molecular weight excluding hydrogens is 292 g/mol. The van der Waals surface area contributed by atoms with Crippen molar-refractivity contribution in [1.29, 1.82) is 0 Å². The fraction of sp³-hybridized carbons (Fsp3) is 0.947. The summed E-state index contributed by atoms with van der Waals surface area (Å²) in [5.74, 6) is -0.0297. The zero-order valence-corrected chi connectivity index (χ0v) is 15.9. The minimum absolute atomic E-state index is 0.0297. The van der Waals surface area contributed by atoms with Crippen LogP contribution in [0.2, 0.25) is 0 Å². The van der Waals surface area contributed by atoms with E-state index in [1.807, 2.05) is 0 Å². The molecule has 140 valence electrons. The molecule has 0 bridgehead atoms. The molecule has 0 saturated heterocycles. The van der Waals surface area contributed by atoms with Gasteiger partial charge in [0.25, 0.3) is 0 Å². The largest absolute Gasteiger partial charge is 0.465 e. The number of carbonyl (C=O) groups excluding carboxylic acids is 1. The van der Waals surface area contributed by atoms with Crippen LogP contribution in [0.15, 0.2) is 0 Å². The second kappa shape index (κ2) is 17.7. The maximum atomic E-state index is 11.5. The van der Waals surface area contributed by atoms with Crippen LogP contribution in [0.5, 0.6) is 0 Å². The van der Waals surface area contributed by atoms with Crippen LogP contribution < -0.4 is 0 Å². The molecule has 2 N–H and O–H groups in total. The van der Waals surface area contributed by atoms with Gasteiger partial charge < -0.3 is 14.9 Å². The van der Waals surface area contributed by atoms with E-state index in [9.17, 15) is 4.79 Å². The Morgan fingerprint density at radius 1 is 0.826 bits per heavy atom. The molecule has 0 aliphatic carbocycles. The maximum absolute atomic E-state index is 11.5. The minimum Gasteiger partial charge on any atom is -0.465 e. The van der Waals surface area contributed by atoms with E-state index in [1.165, 1.54) is 51.4 Å². The molecule has 0 unspecified atom stereocenters. The highest BCUT2D eigenvalue weighted by Crippen LogP contribution is 2.14. The molecule has 0 fully saturated rings. The first kappa shape index (κ1) is 24.6. The summed E-state index contributed by atoms with van der Waals surface area (Å²) in [5.41, 5.74) is 0.0775. The quantitative estimate of drug-likeness (QED) is 0.409. The topological polar surface area (TPSA) is 66.8 Å². The molecule has 0 aliphatic heterocycles. The normalized spacial score (nSPS) is 10.9. The van der Waals surface area contributed by atoms with Gasteiger partial charge in [0.15, 0.2) is 0 Å². The Morgan fingerprint density at radius 2 is 1.26 bits per heavy atom. The average molecular weight is 333 g/mol. The van der Waals surface area contributed by atoms with E-state index in [0.29, 0.717) is 13.0 Å². The number of hydrogen-bond donors (Lipinski definition) is 2. The number of carbonyl (C=O) groups is 1. The van der Waals surface area contributed by atoms with Crippen LogP contribution in [-0.4, -0.2) is 36.0 Å². The predicted octanol–water partition coefficient (Wildman–Crippen LogP) is 4.47. The molecule has 0 aromatic carbocycles. The van der Waals surface area contributed by atoms with E-state index in [-0.39, 0.29) is 24.6 Å². The van der Waals surface area contributed by atoms with Gasteiger partial charge in [-0.1, -0.05) is 79.1 Å². The number of esters is 1. The summed E-state index contributed by atoms with van der Waals surface area (Å²) in [6.45, 7) is 8.78. The van der Waals surface area contributed by atoms with Crippen LogP contribution in [0.25, 0.3) is 0 Å². The molecule has 0 amide bonds. The average Bonchev–Trinajstić information content (AvgIpc) is 2.51. The number of aliphatic hydroxyl groups is 2. The van der Waals surface area contributed by atoms with Gasteiger partial charge in [0.2, 0.25) is 0 Å². The van der Waals surface area contributed by atoms with E-state index >= 15 is 0 Å². The monoisotopic (exact) mass is 332 g/mol. The lowest BCUT2D eigenvalue weighted by Crippen LogP contribution is -2.18. The van der Waals surface area contributed by atoms with Crippen molar-refractivity contribution in [1.82, 2.24) is 0 Å². The molecule has 0 aromatic rings. The Bertz CT molecular complexity index is 244. The highest BCUT2D eigenvalue weighted by Gasteiger charge is 2.13. The van der Waals surface area contributed by atoms with E-state index < -0.39 is 0 Å². The molecule has 0 aliphatic rings. The SMILES string of the molecule is CCCCCCCCCCCC(=O)OCC(C)(C)C.OCCO. The lowest BCUT2D eigenvalue weighted by Gasteiger charge is -2.17. The van der Waals surface area contributed by atoms with Crippen LogP contribution in [0, 0.1) is 5.41 Å². The number of hydrogen-bond acceptors (Lipinski definition) is 4. The first-order valence-electron chi connectivity index (χ1n) is 9.24. The number of aliphatic hydroxyl groups excluding tert-OH is 2. The smallest absolute Gasteiger partial charge is 0.305 e. The Kier molecular flexibility index (Phi) is 19.0. The summed E-state index contributed by atoms with van der Waals surface area (Å²) in [6, 6.07) is 0. The number of unbranched alkanes of at least 4 members (excludes halogenated alkanes) is 8. The Labute approximate surface area is 143 Å². The Hall–Kier alpha value is -0.610. The van der Waals surface area contributed by atoms with Crippen LogP contribution in [-0.2, 0) is 9.53 Å². The van der Waals surface area contributed by atoms with Gasteiger partial charge in [-0.15, -0.1) is 0 Å². The van der Waals surface area contributed by atoms with Crippen molar-refractivity contribution in [2.45, 2.75) is 91.9 Å². The second-order valence-corrected chi connectivity index (χ2v) is 7.25. The minimum atomic E-state index is -0.125. The molecule has 4 heteroatoms. The van der Waals surface area contributed by atoms with Gasteiger partial charge >= 0.3 is 5.97 Å². The van der Waals surface area contributed by atoms with Crippen molar-refractivity contribution in [2.24, 2.45) is 5.41 Å². The lowest BCUT2D eigenvalue weighted by atomic mass is 9.99. The lowest BCUT2D eigenvalue weighted by molar-refractivity contribution is -0.146. The molecule has 0 radical (unpaired) electrons. The molecular formula is C19H40O4. The van der Waals surface area contributed by atoms with Crippen LogP contribution in [0.1, 0.15) is 91.9 Å². The third-order valence-electron chi connectivity index (χ3n) is 3.25. The van der Waals surface area contributed by atoms with Crippen LogP contribution in [0.4, 0.5) is 0 Å². The van der Waals surface area contributed by atoms with Gasteiger partial charge in [-0.3, -0.25) is 4.79 Å². The summed E-state index contributed by atoms with van der Waals surface area (Å²) in [6.07, 6.45) is 12.1. The van der Waals surface area contributed by atoms with E-state index in [4.69, 9.17) is 14.9 Å². The molecule has 0 heterocycles. The summed E-state index contributed by atoms with van der Waals surface area (Å²) in [4.78, 5) is 11.5. The van der Waals surface area contributed by atoms with E-state index in [0.717, 1.165) is 6.42 Å². The van der Waals surface area contributed by atoms with Crippen molar-refractivity contribution in [2.75, 3.05) is 19.8 Å². The highest BCUT2D eigenvalue weighted by atomic mass is 16.5. The van der Waals surface area contributed by atoms with Crippen molar-refractivity contribution >= 4 is 5.97 Å². The zero-order chi connectivity index (χ0) is 18.0. The Balaban J connectivity index is 0. The number of ether oxygens (including phenoxy) is 1. The third-order valence-corrected chi connectivity index (χ3v) is 3.25. The fourth-order valence-corrected chi connectivity index (χ4v) is 1.95. The summed E-state index contributed by atoms with van der Waals surface area (Å²) < 4.78 is 5.24. The van der Waals surface area contributed by atoms with Crippen molar-refractivity contribution < 1.29 is 19.7 Å². The fourth-order valence-electron chi connectivity index (χ4n) is 1.95. The van der Waals surface area contributed by atoms with Gasteiger partial charge in [0.05, 0.1) is 19.8 Å². The molecule has 4 nitrogen and oxygen atoms in total. The van der Waals surface area contributed by atoms with Crippen molar-refractivity contribution in [3.8, 4) is 0 Å². The maximum Gasteiger partial charge on any atom is 0.305 e. The van der Waals surface area contributed by atoms with Gasteiger partial charge in [0, 0.05) is 6.42 Å². The molecule has 0 spiro atoms. The molecule has 0 atom stereocenters. The first-order chi connectivity index (χ1) is 10.9. The predicted molar refractivity (Wildman–Crippen MR) is 96.4 cm³/mol. The third kappa shape index (κ3) is 26.6. The highest BCUT2D eigenvalue weighted by molar-refractivity contribution is 5.69. The summed E-state index contributed by atoms with van der Waals surface area (Å²) >= 11 is 0. The second-order valence-electron chi connectivity index (χ2n) is 7.25. The van der Waals surface area contributed by atoms with Crippen molar-refractivity contribution in [3.63, 3.8) is 0 Å². The molecule has 0 rings (SSSR count). The van der Waals surface area contributed by atoms with Gasteiger partial charge in [0.1, 0.15) is 0 Å². The van der Waals surface area contributed by atoms with E-state index in [2.05, 4.69) is 27.7 Å². The first-order valence-corrected chi connectivity index (χ1v) is 9.24. The standard InChI is InChI=1S/C17H34O2.C2H6O2/c1-5-6-7-8-9-10-11-12-13-14-16(18)19-15-17(2,3)4;3-1-2-4/h5-15H2,1-4H3;3-4H,1-2H2. The number of rotatable bonds is 12. The molecule has 0 saturated carbocycles. The molecule has 0 aromatic heterocycles. The zero-order valence-electron chi connectivity index (χ0n) is 15.9. The van der Waals surface area contributed by atoms with Gasteiger partial charge in [-0.2, -0.15) is 0 Å². The molecule has 23 heavy (non-hydrogen) atoms. The Morgan fingerprint density at radius 3 is 1.65 bits per heavy atom. The summed E-state index contributed by atoms with van der Waals surface area (Å²) in [5, 5.41) is 15.2. The van der Waals surface area contributed by atoms with Crippen LogP contribution >= 0.6 is 0 Å². The van der Waals surface area contributed by atoms with Crippen LogP contribution in [0.3, 0.4) is 0 Å². The van der Waals surface area contributed by atoms with Gasteiger partial charge in [-0.05, 0) is 11.8 Å². The van der Waals surface area contributed by atoms with Crippen molar-refractivity contribution in [3.05, 3.63) is 0 Å².